The van der Waals surface area contributed by atoms with Crippen molar-refractivity contribution >= 4 is 39.1 Å². The molecule has 2 aromatic rings. The zero-order valence-electron chi connectivity index (χ0n) is 14.5. The van der Waals surface area contributed by atoms with E-state index in [0.717, 1.165) is 5.56 Å². The van der Waals surface area contributed by atoms with Gasteiger partial charge in [-0.15, -0.1) is 0 Å². The third-order valence-corrected chi connectivity index (χ3v) is 5.92. The molecular formula is C18H20Cl2N2O3S. The third-order valence-electron chi connectivity index (χ3n) is 3.79. The van der Waals surface area contributed by atoms with Gasteiger partial charge in [-0.05, 0) is 48.7 Å². The van der Waals surface area contributed by atoms with E-state index < -0.39 is 10.0 Å². The minimum Gasteiger partial charge on any atom is -0.352 e. The number of rotatable bonds is 7. The maximum atomic E-state index is 12.5. The largest absolute Gasteiger partial charge is 0.352 e. The number of halogens is 2. The average molecular weight is 415 g/mol. The maximum Gasteiger partial charge on any atom is 0.251 e. The Morgan fingerprint density at radius 3 is 2.50 bits per heavy atom. The number of hydrogen-bond acceptors (Lipinski definition) is 3. The maximum absolute atomic E-state index is 12.5. The highest BCUT2D eigenvalue weighted by Gasteiger charge is 2.17. The molecule has 0 aliphatic carbocycles. The van der Waals surface area contributed by atoms with Crippen LogP contribution < -0.4 is 10.0 Å². The Balaban J connectivity index is 2.09. The van der Waals surface area contributed by atoms with Crippen molar-refractivity contribution < 1.29 is 13.2 Å². The van der Waals surface area contributed by atoms with E-state index in [1.807, 2.05) is 6.07 Å². The number of amides is 1. The van der Waals surface area contributed by atoms with E-state index in [2.05, 4.69) is 10.0 Å². The van der Waals surface area contributed by atoms with Crippen molar-refractivity contribution in [3.05, 3.63) is 63.1 Å². The van der Waals surface area contributed by atoms with Crippen LogP contribution in [0.15, 0.2) is 41.3 Å². The van der Waals surface area contributed by atoms with Gasteiger partial charge in [0.25, 0.3) is 5.91 Å². The summed E-state index contributed by atoms with van der Waals surface area (Å²) in [6.45, 7) is 4.10. The predicted molar refractivity (Wildman–Crippen MR) is 105 cm³/mol. The molecule has 2 rings (SSSR count). The fraction of sp³-hybridized carbons (Fsp3) is 0.278. The molecule has 0 radical (unpaired) electrons. The van der Waals surface area contributed by atoms with Gasteiger partial charge in [0.1, 0.15) is 0 Å². The highest BCUT2D eigenvalue weighted by Crippen LogP contribution is 2.21. The second kappa shape index (κ2) is 8.86. The minimum absolute atomic E-state index is 0.0656. The lowest BCUT2D eigenvalue weighted by Crippen LogP contribution is -2.27. The molecule has 0 aliphatic heterocycles. The van der Waals surface area contributed by atoms with E-state index in [1.165, 1.54) is 12.1 Å². The summed E-state index contributed by atoms with van der Waals surface area (Å²) < 4.78 is 26.6. The van der Waals surface area contributed by atoms with Gasteiger partial charge in [0.15, 0.2) is 0 Å². The first-order chi connectivity index (χ1) is 12.2. The van der Waals surface area contributed by atoms with Crippen molar-refractivity contribution in [2.24, 2.45) is 0 Å². The van der Waals surface area contributed by atoms with Crippen molar-refractivity contribution in [2.45, 2.75) is 25.2 Å². The van der Waals surface area contributed by atoms with Crippen molar-refractivity contribution in [2.75, 3.05) is 13.1 Å². The van der Waals surface area contributed by atoms with Crippen molar-refractivity contribution in [3.63, 3.8) is 0 Å². The van der Waals surface area contributed by atoms with Crippen LogP contribution in [-0.4, -0.2) is 27.4 Å². The molecule has 0 heterocycles. The lowest BCUT2D eigenvalue weighted by Gasteiger charge is -2.11. The Bertz CT molecular complexity index is 915. The molecule has 1 amide bonds. The quantitative estimate of drug-likeness (QED) is 0.726. The van der Waals surface area contributed by atoms with Crippen molar-refractivity contribution in [1.29, 1.82) is 0 Å². The molecular weight excluding hydrogens is 395 g/mol. The molecule has 0 spiro atoms. The lowest BCUT2D eigenvalue weighted by atomic mass is 10.1. The molecule has 2 N–H and O–H groups in total. The van der Waals surface area contributed by atoms with Crippen LogP contribution in [0.3, 0.4) is 0 Å². The summed E-state index contributed by atoms with van der Waals surface area (Å²) in [5.41, 5.74) is 1.89. The fourth-order valence-corrected chi connectivity index (χ4v) is 3.99. The van der Waals surface area contributed by atoms with E-state index in [1.54, 1.807) is 32.0 Å². The third kappa shape index (κ3) is 5.20. The van der Waals surface area contributed by atoms with E-state index in [4.69, 9.17) is 23.2 Å². The molecule has 0 aromatic heterocycles. The molecule has 140 valence electrons. The van der Waals surface area contributed by atoms with Gasteiger partial charge in [0, 0.05) is 28.7 Å². The molecule has 0 unspecified atom stereocenters. The first kappa shape index (κ1) is 20.7. The molecule has 5 nitrogen and oxygen atoms in total. The molecule has 0 fully saturated rings. The Morgan fingerprint density at radius 1 is 1.12 bits per heavy atom. The van der Waals surface area contributed by atoms with Crippen LogP contribution in [0.2, 0.25) is 10.0 Å². The van der Waals surface area contributed by atoms with Crippen LogP contribution in [0.5, 0.6) is 0 Å². The normalized spacial score (nSPS) is 11.4. The van der Waals surface area contributed by atoms with Gasteiger partial charge in [-0.2, -0.15) is 0 Å². The van der Waals surface area contributed by atoms with Crippen molar-refractivity contribution in [1.82, 2.24) is 10.0 Å². The fourth-order valence-electron chi connectivity index (χ4n) is 2.42. The average Bonchev–Trinajstić information content (AvgIpc) is 2.56. The van der Waals surface area contributed by atoms with Crippen LogP contribution in [-0.2, 0) is 16.4 Å². The molecule has 0 atom stereocenters. The summed E-state index contributed by atoms with van der Waals surface area (Å²) in [6.07, 6.45) is 0.538. The van der Waals surface area contributed by atoms with Crippen LogP contribution in [0.25, 0.3) is 0 Å². The second-order valence-corrected chi connectivity index (χ2v) is 8.33. The monoisotopic (exact) mass is 414 g/mol. The smallest absolute Gasteiger partial charge is 0.251 e. The van der Waals surface area contributed by atoms with Crippen LogP contribution in [0.1, 0.15) is 28.4 Å². The van der Waals surface area contributed by atoms with Gasteiger partial charge >= 0.3 is 0 Å². The number of carbonyl (C=O) groups excluding carboxylic acids is 1. The van der Waals surface area contributed by atoms with Gasteiger partial charge in [-0.1, -0.05) is 42.3 Å². The summed E-state index contributed by atoms with van der Waals surface area (Å²) in [5, 5.41) is 3.89. The van der Waals surface area contributed by atoms with E-state index in [-0.39, 0.29) is 17.3 Å². The Morgan fingerprint density at radius 2 is 1.85 bits per heavy atom. The summed E-state index contributed by atoms with van der Waals surface area (Å²) in [5.74, 6) is -0.332. The van der Waals surface area contributed by atoms with E-state index >= 15 is 0 Å². The second-order valence-electron chi connectivity index (χ2n) is 5.72. The zero-order valence-corrected chi connectivity index (χ0v) is 16.8. The topological polar surface area (TPSA) is 75.3 Å². The number of sulfonamides is 1. The standard InChI is InChI=1S/C18H20Cl2N2O3S/c1-3-22-26(24,25)15-7-4-12(2)16(11-15)18(23)21-9-8-13-5-6-14(19)10-17(13)20/h4-7,10-11,22H,3,8-9H2,1-2H3,(H,21,23). The first-order valence-electron chi connectivity index (χ1n) is 8.07. The van der Waals surface area contributed by atoms with Gasteiger partial charge in [0.2, 0.25) is 10.0 Å². The summed E-state index contributed by atoms with van der Waals surface area (Å²) in [7, 11) is -3.62. The van der Waals surface area contributed by atoms with Gasteiger partial charge in [-0.3, -0.25) is 4.79 Å². The summed E-state index contributed by atoms with van der Waals surface area (Å²) >= 11 is 12.0. The van der Waals surface area contributed by atoms with E-state index in [9.17, 15) is 13.2 Å². The minimum atomic E-state index is -3.62. The number of hydrogen-bond donors (Lipinski definition) is 2. The Labute approximate surface area is 163 Å². The molecule has 2 aromatic carbocycles. The molecule has 0 saturated heterocycles. The Hall–Kier alpha value is -1.60. The number of aryl methyl sites for hydroxylation is 1. The number of benzene rings is 2. The highest BCUT2D eigenvalue weighted by atomic mass is 35.5. The zero-order chi connectivity index (χ0) is 19.3. The van der Waals surface area contributed by atoms with Crippen molar-refractivity contribution in [3.8, 4) is 0 Å². The molecule has 26 heavy (non-hydrogen) atoms. The van der Waals surface area contributed by atoms with Gasteiger partial charge < -0.3 is 5.32 Å². The molecule has 8 heteroatoms. The van der Waals surface area contributed by atoms with Gasteiger partial charge in [-0.25, -0.2) is 13.1 Å². The summed E-state index contributed by atoms with van der Waals surface area (Å²) in [6, 6.07) is 9.69. The van der Waals surface area contributed by atoms with Crippen LogP contribution in [0, 0.1) is 6.92 Å². The molecule has 0 aliphatic rings. The highest BCUT2D eigenvalue weighted by molar-refractivity contribution is 7.89. The van der Waals surface area contributed by atoms with Crippen LogP contribution >= 0.6 is 23.2 Å². The Kier molecular flexibility index (Phi) is 7.06. The van der Waals surface area contributed by atoms with Crippen LogP contribution in [0.4, 0.5) is 0 Å². The number of carbonyl (C=O) groups is 1. The summed E-state index contributed by atoms with van der Waals surface area (Å²) in [4.78, 5) is 12.5. The number of nitrogens with one attached hydrogen (secondary N) is 2. The first-order valence-corrected chi connectivity index (χ1v) is 10.3. The molecule has 0 saturated carbocycles. The SMILES string of the molecule is CCNS(=O)(=O)c1ccc(C)c(C(=O)NCCc2ccc(Cl)cc2Cl)c1. The van der Waals surface area contributed by atoms with Gasteiger partial charge in [0.05, 0.1) is 4.90 Å². The van der Waals surface area contributed by atoms with E-state index in [0.29, 0.717) is 34.1 Å². The molecule has 0 bridgehead atoms. The predicted octanol–water partition coefficient (Wildman–Crippen LogP) is 3.57. The lowest BCUT2D eigenvalue weighted by molar-refractivity contribution is 0.0953.